The van der Waals surface area contributed by atoms with Crippen LogP contribution in [-0.2, 0) is 11.3 Å². The summed E-state index contributed by atoms with van der Waals surface area (Å²) in [5.74, 6) is 1.76. The van der Waals surface area contributed by atoms with Gasteiger partial charge in [0.1, 0.15) is 11.5 Å². The van der Waals surface area contributed by atoms with Gasteiger partial charge >= 0.3 is 0 Å². The molecule has 3 nitrogen and oxygen atoms in total. The van der Waals surface area contributed by atoms with Gasteiger partial charge in [0.15, 0.2) is 0 Å². The van der Waals surface area contributed by atoms with Gasteiger partial charge in [0.25, 0.3) is 0 Å². The van der Waals surface area contributed by atoms with E-state index in [1.807, 2.05) is 30.3 Å². The number of thioether (sulfide) groups is 1. The molecule has 0 aliphatic heterocycles. The first-order valence-corrected chi connectivity index (χ1v) is 8.15. The Morgan fingerprint density at radius 1 is 1.05 bits per heavy atom. The average Bonchev–Trinajstić information content (AvgIpc) is 2.54. The van der Waals surface area contributed by atoms with Gasteiger partial charge in [0.05, 0.1) is 6.61 Å². The first-order valence-electron chi connectivity index (χ1n) is 6.93. The minimum atomic E-state index is 0.729. The molecule has 0 heterocycles. The highest BCUT2D eigenvalue weighted by atomic mass is 32.2. The third-order valence-electron chi connectivity index (χ3n) is 3.03. The van der Waals surface area contributed by atoms with E-state index in [4.69, 9.17) is 9.47 Å². The predicted octanol–water partition coefficient (Wildman–Crippen LogP) is 3.94. The molecule has 0 aromatic heterocycles. The fraction of sp³-hybridized carbons (Fsp3) is 0.294. The maximum atomic E-state index is 5.94. The molecule has 0 saturated carbocycles. The number of para-hydroxylation sites is 1. The Labute approximate surface area is 130 Å². The number of hydrogen-bond donors (Lipinski definition) is 1. The highest BCUT2D eigenvalue weighted by molar-refractivity contribution is 7.98. The van der Waals surface area contributed by atoms with Gasteiger partial charge in [0.2, 0.25) is 0 Å². The fourth-order valence-corrected chi connectivity index (χ4v) is 2.44. The molecule has 0 saturated heterocycles. The lowest BCUT2D eigenvalue weighted by Gasteiger charge is -2.10. The molecule has 0 bridgehead atoms. The lowest BCUT2D eigenvalue weighted by Crippen LogP contribution is -2.18. The summed E-state index contributed by atoms with van der Waals surface area (Å²) >= 11 is 1.69. The standard InChI is InChI=1S/C17H21NO2S/c1-19-12-11-18-13-14-7-9-15(10-8-14)20-16-5-3-4-6-17(16)21-2/h3-10,18H,11-13H2,1-2H3. The zero-order chi connectivity index (χ0) is 14.9. The SMILES string of the molecule is COCCNCc1ccc(Oc2ccccc2SC)cc1. The van der Waals surface area contributed by atoms with Crippen molar-refractivity contribution in [3.05, 3.63) is 54.1 Å². The van der Waals surface area contributed by atoms with Crippen LogP contribution in [0.3, 0.4) is 0 Å². The van der Waals surface area contributed by atoms with E-state index in [9.17, 15) is 0 Å². The van der Waals surface area contributed by atoms with Crippen molar-refractivity contribution in [3.8, 4) is 11.5 Å². The Hall–Kier alpha value is -1.49. The fourth-order valence-electron chi connectivity index (χ4n) is 1.91. The minimum Gasteiger partial charge on any atom is -0.456 e. The summed E-state index contributed by atoms with van der Waals surface area (Å²) in [4.78, 5) is 1.14. The van der Waals surface area contributed by atoms with Crippen molar-refractivity contribution in [2.45, 2.75) is 11.4 Å². The summed E-state index contributed by atoms with van der Waals surface area (Å²) in [7, 11) is 1.71. The first-order chi connectivity index (χ1) is 10.3. The molecule has 4 heteroatoms. The first kappa shape index (κ1) is 15.9. The lowest BCUT2D eigenvalue weighted by atomic mass is 10.2. The van der Waals surface area contributed by atoms with Gasteiger partial charge in [-0.05, 0) is 36.1 Å². The van der Waals surface area contributed by atoms with Crippen LogP contribution in [0.2, 0.25) is 0 Å². The second-order valence-electron chi connectivity index (χ2n) is 4.57. The van der Waals surface area contributed by atoms with E-state index in [1.165, 1.54) is 5.56 Å². The normalized spacial score (nSPS) is 10.6. The van der Waals surface area contributed by atoms with E-state index in [0.29, 0.717) is 0 Å². The molecule has 0 unspecified atom stereocenters. The Kier molecular flexibility index (Phi) is 6.60. The Morgan fingerprint density at radius 3 is 2.52 bits per heavy atom. The quantitative estimate of drug-likeness (QED) is 0.591. The van der Waals surface area contributed by atoms with Crippen LogP contribution in [0.15, 0.2) is 53.4 Å². The van der Waals surface area contributed by atoms with Crippen molar-refractivity contribution in [1.29, 1.82) is 0 Å². The van der Waals surface area contributed by atoms with E-state index in [1.54, 1.807) is 18.9 Å². The summed E-state index contributed by atoms with van der Waals surface area (Å²) in [6, 6.07) is 16.2. The molecule has 0 aliphatic rings. The largest absolute Gasteiger partial charge is 0.456 e. The molecule has 0 atom stereocenters. The summed E-state index contributed by atoms with van der Waals surface area (Å²) in [6.45, 7) is 2.42. The summed E-state index contributed by atoms with van der Waals surface area (Å²) in [6.07, 6.45) is 2.05. The monoisotopic (exact) mass is 303 g/mol. The van der Waals surface area contributed by atoms with Gasteiger partial charge in [-0.25, -0.2) is 0 Å². The lowest BCUT2D eigenvalue weighted by molar-refractivity contribution is 0.199. The third kappa shape index (κ3) is 5.08. The molecule has 112 valence electrons. The number of ether oxygens (including phenoxy) is 2. The maximum Gasteiger partial charge on any atom is 0.140 e. The molecule has 0 fully saturated rings. The Balaban J connectivity index is 1.93. The molecule has 0 aliphatic carbocycles. The van der Waals surface area contributed by atoms with Gasteiger partial charge in [-0.3, -0.25) is 0 Å². The van der Waals surface area contributed by atoms with E-state index in [-0.39, 0.29) is 0 Å². The highest BCUT2D eigenvalue weighted by Gasteiger charge is 2.03. The third-order valence-corrected chi connectivity index (χ3v) is 3.81. The van der Waals surface area contributed by atoms with Crippen molar-refractivity contribution in [2.24, 2.45) is 0 Å². The van der Waals surface area contributed by atoms with Crippen LogP contribution in [0.25, 0.3) is 0 Å². The smallest absolute Gasteiger partial charge is 0.140 e. The maximum absolute atomic E-state index is 5.94. The molecule has 21 heavy (non-hydrogen) atoms. The zero-order valence-electron chi connectivity index (χ0n) is 12.5. The summed E-state index contributed by atoms with van der Waals surface area (Å²) < 4.78 is 10.9. The van der Waals surface area contributed by atoms with E-state index < -0.39 is 0 Å². The molecule has 2 aromatic carbocycles. The Bertz CT molecular complexity index is 543. The van der Waals surface area contributed by atoms with Crippen LogP contribution in [0.4, 0.5) is 0 Å². The topological polar surface area (TPSA) is 30.5 Å². The van der Waals surface area contributed by atoms with Gasteiger partial charge < -0.3 is 14.8 Å². The van der Waals surface area contributed by atoms with Gasteiger partial charge in [0, 0.05) is 25.1 Å². The molecule has 0 spiro atoms. The van der Waals surface area contributed by atoms with Gasteiger partial charge in [-0.1, -0.05) is 24.3 Å². The van der Waals surface area contributed by atoms with Crippen molar-refractivity contribution in [3.63, 3.8) is 0 Å². The number of hydrogen-bond acceptors (Lipinski definition) is 4. The van der Waals surface area contributed by atoms with Crippen LogP contribution in [0, 0.1) is 0 Å². The molecular weight excluding hydrogens is 282 g/mol. The highest BCUT2D eigenvalue weighted by Crippen LogP contribution is 2.31. The van der Waals surface area contributed by atoms with Crippen LogP contribution in [0.5, 0.6) is 11.5 Å². The van der Waals surface area contributed by atoms with E-state index >= 15 is 0 Å². The molecular formula is C17H21NO2S. The van der Waals surface area contributed by atoms with Crippen LogP contribution < -0.4 is 10.1 Å². The predicted molar refractivity (Wildman–Crippen MR) is 88.3 cm³/mol. The molecule has 2 rings (SSSR count). The summed E-state index contributed by atoms with van der Waals surface area (Å²) in [5, 5.41) is 3.32. The van der Waals surface area contributed by atoms with E-state index in [2.05, 4.69) is 29.8 Å². The summed E-state index contributed by atoms with van der Waals surface area (Å²) in [5.41, 5.74) is 1.23. The molecule has 2 aromatic rings. The van der Waals surface area contributed by atoms with E-state index in [0.717, 1.165) is 36.1 Å². The van der Waals surface area contributed by atoms with Crippen LogP contribution >= 0.6 is 11.8 Å². The van der Waals surface area contributed by atoms with Gasteiger partial charge in [-0.2, -0.15) is 0 Å². The number of rotatable bonds is 8. The Morgan fingerprint density at radius 2 is 1.81 bits per heavy atom. The van der Waals surface area contributed by atoms with Crippen molar-refractivity contribution in [2.75, 3.05) is 26.5 Å². The van der Waals surface area contributed by atoms with Crippen LogP contribution in [-0.4, -0.2) is 26.5 Å². The van der Waals surface area contributed by atoms with Gasteiger partial charge in [-0.15, -0.1) is 11.8 Å². The van der Waals surface area contributed by atoms with Crippen LogP contribution in [0.1, 0.15) is 5.56 Å². The molecule has 0 radical (unpaired) electrons. The van der Waals surface area contributed by atoms with Crippen molar-refractivity contribution in [1.82, 2.24) is 5.32 Å². The number of nitrogens with one attached hydrogen (secondary N) is 1. The average molecular weight is 303 g/mol. The second kappa shape index (κ2) is 8.72. The molecule has 1 N–H and O–H groups in total. The van der Waals surface area contributed by atoms with Crippen molar-refractivity contribution >= 4 is 11.8 Å². The number of benzene rings is 2. The molecule has 0 amide bonds. The van der Waals surface area contributed by atoms with Crippen molar-refractivity contribution < 1.29 is 9.47 Å². The minimum absolute atomic E-state index is 0.729. The number of methoxy groups -OCH3 is 1. The second-order valence-corrected chi connectivity index (χ2v) is 5.41. The zero-order valence-corrected chi connectivity index (χ0v) is 13.3.